The highest BCUT2D eigenvalue weighted by atomic mass is 79.9. The molecule has 2 aromatic carbocycles. The van der Waals surface area contributed by atoms with Gasteiger partial charge in [0.15, 0.2) is 0 Å². The highest BCUT2D eigenvalue weighted by Crippen LogP contribution is 2.25. The van der Waals surface area contributed by atoms with Crippen LogP contribution in [-0.4, -0.2) is 5.91 Å². The van der Waals surface area contributed by atoms with Crippen molar-refractivity contribution in [3.05, 3.63) is 63.1 Å². The molecule has 2 rings (SSSR count). The lowest BCUT2D eigenvalue weighted by molar-refractivity contribution is -0.116. The van der Waals surface area contributed by atoms with Gasteiger partial charge in [-0.25, -0.2) is 0 Å². The molecule has 0 radical (unpaired) electrons. The molecule has 0 heterocycles. The molecule has 1 N–H and O–H groups in total. The first-order chi connectivity index (χ1) is 9.95. The van der Waals surface area contributed by atoms with Crippen molar-refractivity contribution in [2.75, 3.05) is 5.32 Å². The average molecular weight is 346 g/mol. The van der Waals surface area contributed by atoms with E-state index in [0.29, 0.717) is 6.42 Å². The molecule has 0 spiro atoms. The number of anilines is 1. The van der Waals surface area contributed by atoms with E-state index in [4.69, 9.17) is 0 Å². The van der Waals surface area contributed by atoms with Crippen LogP contribution in [0.25, 0.3) is 0 Å². The van der Waals surface area contributed by atoms with Gasteiger partial charge in [0, 0.05) is 16.6 Å². The van der Waals surface area contributed by atoms with Crippen LogP contribution in [0.15, 0.2) is 40.9 Å². The van der Waals surface area contributed by atoms with Gasteiger partial charge in [0.2, 0.25) is 5.91 Å². The predicted molar refractivity (Wildman–Crippen MR) is 91.7 cm³/mol. The van der Waals surface area contributed by atoms with Crippen LogP contribution in [0.4, 0.5) is 5.69 Å². The first-order valence-electron chi connectivity index (χ1n) is 7.08. The fourth-order valence-corrected chi connectivity index (χ4v) is 2.60. The Hall–Kier alpha value is -1.61. The normalized spacial score (nSPS) is 10.5. The van der Waals surface area contributed by atoms with Gasteiger partial charge in [0.25, 0.3) is 0 Å². The summed E-state index contributed by atoms with van der Waals surface area (Å²) >= 11 is 3.53. The van der Waals surface area contributed by atoms with Crippen LogP contribution in [0.1, 0.15) is 28.7 Å². The fourth-order valence-electron chi connectivity index (χ4n) is 2.37. The second kappa shape index (κ2) is 6.90. The van der Waals surface area contributed by atoms with Crippen molar-refractivity contribution in [1.82, 2.24) is 0 Å². The third kappa shape index (κ3) is 4.43. The van der Waals surface area contributed by atoms with Crippen LogP contribution >= 0.6 is 15.9 Å². The first-order valence-corrected chi connectivity index (χ1v) is 7.87. The number of aryl methyl sites for hydroxylation is 4. The number of rotatable bonds is 4. The largest absolute Gasteiger partial charge is 0.326 e. The minimum atomic E-state index is 0.0534. The highest BCUT2D eigenvalue weighted by molar-refractivity contribution is 9.10. The molecule has 0 unspecified atom stereocenters. The molecule has 0 aromatic heterocycles. The predicted octanol–water partition coefficient (Wildman–Crippen LogP) is 4.95. The Balaban J connectivity index is 1.96. The van der Waals surface area contributed by atoms with Crippen LogP contribution in [0.5, 0.6) is 0 Å². The van der Waals surface area contributed by atoms with E-state index in [1.165, 1.54) is 11.1 Å². The Kier molecular flexibility index (Phi) is 5.18. The van der Waals surface area contributed by atoms with Gasteiger partial charge >= 0.3 is 0 Å². The Morgan fingerprint density at radius 3 is 2.38 bits per heavy atom. The zero-order valence-corrected chi connectivity index (χ0v) is 14.3. The molecule has 0 fully saturated rings. The third-order valence-electron chi connectivity index (χ3n) is 3.44. The topological polar surface area (TPSA) is 29.1 Å². The lowest BCUT2D eigenvalue weighted by Gasteiger charge is -2.10. The van der Waals surface area contributed by atoms with Gasteiger partial charge < -0.3 is 5.32 Å². The summed E-state index contributed by atoms with van der Waals surface area (Å²) in [4.78, 5) is 12.1. The van der Waals surface area contributed by atoms with E-state index in [1.807, 2.05) is 32.0 Å². The molecule has 0 atom stereocenters. The molecule has 0 bridgehead atoms. The second-order valence-electron chi connectivity index (χ2n) is 5.46. The summed E-state index contributed by atoms with van der Waals surface area (Å²) in [6, 6.07) is 12.3. The average Bonchev–Trinajstić information content (AvgIpc) is 2.42. The molecule has 0 saturated carbocycles. The van der Waals surface area contributed by atoms with Crippen molar-refractivity contribution in [2.24, 2.45) is 0 Å². The van der Waals surface area contributed by atoms with Gasteiger partial charge in [-0.3, -0.25) is 4.79 Å². The number of halogens is 1. The van der Waals surface area contributed by atoms with Gasteiger partial charge in [0.1, 0.15) is 0 Å². The van der Waals surface area contributed by atoms with Crippen molar-refractivity contribution in [3.63, 3.8) is 0 Å². The van der Waals surface area contributed by atoms with E-state index in [0.717, 1.165) is 27.7 Å². The Morgan fingerprint density at radius 1 is 1.10 bits per heavy atom. The molecule has 0 aliphatic heterocycles. The van der Waals surface area contributed by atoms with Crippen molar-refractivity contribution in [2.45, 2.75) is 33.6 Å². The molecule has 21 heavy (non-hydrogen) atoms. The molecule has 0 aliphatic rings. The maximum Gasteiger partial charge on any atom is 0.224 e. The summed E-state index contributed by atoms with van der Waals surface area (Å²) in [5.74, 6) is 0.0534. The lowest BCUT2D eigenvalue weighted by Crippen LogP contribution is -2.12. The van der Waals surface area contributed by atoms with Crippen molar-refractivity contribution < 1.29 is 4.79 Å². The summed E-state index contributed by atoms with van der Waals surface area (Å²) in [7, 11) is 0. The Labute approximate surface area is 134 Å². The van der Waals surface area contributed by atoms with E-state index in [1.54, 1.807) is 0 Å². The standard InChI is InChI=1S/C18H20BrNO/c1-12-5-4-6-15(9-12)7-8-17(21)20-16-10-13(2)18(19)14(3)11-16/h4-6,9-11H,7-8H2,1-3H3,(H,20,21). The summed E-state index contributed by atoms with van der Waals surface area (Å²) in [6.07, 6.45) is 1.26. The maximum absolute atomic E-state index is 12.1. The maximum atomic E-state index is 12.1. The van der Waals surface area contributed by atoms with E-state index in [2.05, 4.69) is 46.4 Å². The van der Waals surface area contributed by atoms with Crippen LogP contribution in [0.2, 0.25) is 0 Å². The SMILES string of the molecule is Cc1cccc(CCC(=O)Nc2cc(C)c(Br)c(C)c2)c1. The van der Waals surface area contributed by atoms with Crippen molar-refractivity contribution in [1.29, 1.82) is 0 Å². The summed E-state index contributed by atoms with van der Waals surface area (Å²) in [5, 5.41) is 2.98. The number of carbonyl (C=O) groups is 1. The summed E-state index contributed by atoms with van der Waals surface area (Å²) < 4.78 is 1.10. The van der Waals surface area contributed by atoms with E-state index in [-0.39, 0.29) is 5.91 Å². The van der Waals surface area contributed by atoms with Crippen LogP contribution in [0.3, 0.4) is 0 Å². The molecule has 2 aromatic rings. The Morgan fingerprint density at radius 2 is 1.76 bits per heavy atom. The van der Waals surface area contributed by atoms with Crippen molar-refractivity contribution in [3.8, 4) is 0 Å². The zero-order valence-electron chi connectivity index (χ0n) is 12.7. The van der Waals surface area contributed by atoms with E-state index in [9.17, 15) is 4.79 Å². The smallest absolute Gasteiger partial charge is 0.224 e. The third-order valence-corrected chi connectivity index (χ3v) is 4.69. The number of hydrogen-bond donors (Lipinski definition) is 1. The number of amides is 1. The molecular weight excluding hydrogens is 326 g/mol. The number of nitrogens with one attached hydrogen (secondary N) is 1. The number of carbonyl (C=O) groups excluding carboxylic acids is 1. The van der Waals surface area contributed by atoms with E-state index >= 15 is 0 Å². The number of benzene rings is 2. The van der Waals surface area contributed by atoms with Crippen LogP contribution < -0.4 is 5.32 Å². The van der Waals surface area contributed by atoms with Crippen LogP contribution in [0, 0.1) is 20.8 Å². The molecule has 2 nitrogen and oxygen atoms in total. The minimum Gasteiger partial charge on any atom is -0.326 e. The van der Waals surface area contributed by atoms with Gasteiger partial charge in [0.05, 0.1) is 0 Å². The number of hydrogen-bond acceptors (Lipinski definition) is 1. The van der Waals surface area contributed by atoms with Gasteiger partial charge in [-0.1, -0.05) is 45.8 Å². The highest BCUT2D eigenvalue weighted by Gasteiger charge is 2.06. The first kappa shape index (κ1) is 15.8. The molecular formula is C18H20BrNO. The van der Waals surface area contributed by atoms with E-state index < -0.39 is 0 Å². The Bertz CT molecular complexity index is 641. The lowest BCUT2D eigenvalue weighted by atomic mass is 10.1. The van der Waals surface area contributed by atoms with Crippen molar-refractivity contribution >= 4 is 27.5 Å². The summed E-state index contributed by atoms with van der Waals surface area (Å²) in [5.41, 5.74) is 5.55. The molecule has 0 aliphatic carbocycles. The second-order valence-corrected chi connectivity index (χ2v) is 6.25. The zero-order chi connectivity index (χ0) is 15.4. The van der Waals surface area contributed by atoms with Gasteiger partial charge in [-0.15, -0.1) is 0 Å². The molecule has 3 heteroatoms. The summed E-state index contributed by atoms with van der Waals surface area (Å²) in [6.45, 7) is 6.12. The quantitative estimate of drug-likeness (QED) is 0.834. The molecule has 110 valence electrons. The fraction of sp³-hybridized carbons (Fsp3) is 0.278. The minimum absolute atomic E-state index is 0.0534. The molecule has 1 amide bonds. The van der Waals surface area contributed by atoms with Gasteiger partial charge in [-0.2, -0.15) is 0 Å². The van der Waals surface area contributed by atoms with Crippen LogP contribution in [-0.2, 0) is 11.2 Å². The molecule has 0 saturated heterocycles. The monoisotopic (exact) mass is 345 g/mol. The van der Waals surface area contributed by atoms with Gasteiger partial charge in [-0.05, 0) is 56.0 Å².